The Kier molecular flexibility index (Phi) is 2.32. The van der Waals surface area contributed by atoms with Crippen molar-refractivity contribution in [3.8, 4) is 5.75 Å². The molecule has 0 aromatic heterocycles. The molecule has 4 nitrogen and oxygen atoms in total. The fourth-order valence-electron chi connectivity index (χ4n) is 1.06. The standard InChI is InChI=1S/C8H10O4S/c1-5-3-7(13(10,11)12)4-6(2)8(5)9/h3-4,9H,1-2H3,(H,10,11,12)/p-1. The summed E-state index contributed by atoms with van der Waals surface area (Å²) >= 11 is 0. The third kappa shape index (κ3) is 1.99. The highest BCUT2D eigenvalue weighted by Crippen LogP contribution is 2.24. The number of rotatable bonds is 1. The van der Waals surface area contributed by atoms with Gasteiger partial charge in [-0.3, -0.25) is 0 Å². The van der Waals surface area contributed by atoms with Crippen molar-refractivity contribution < 1.29 is 18.1 Å². The van der Waals surface area contributed by atoms with Gasteiger partial charge in [-0.1, -0.05) is 0 Å². The molecule has 0 aliphatic heterocycles. The van der Waals surface area contributed by atoms with Crippen LogP contribution in [-0.4, -0.2) is 18.1 Å². The lowest BCUT2D eigenvalue weighted by molar-refractivity contribution is 0.458. The Morgan fingerprint density at radius 1 is 1.23 bits per heavy atom. The topological polar surface area (TPSA) is 77.4 Å². The number of phenolic OH excluding ortho intramolecular Hbond substituents is 1. The Morgan fingerprint density at radius 2 is 1.62 bits per heavy atom. The van der Waals surface area contributed by atoms with Crippen molar-refractivity contribution in [3.63, 3.8) is 0 Å². The number of hydrogen-bond acceptors (Lipinski definition) is 4. The van der Waals surface area contributed by atoms with Gasteiger partial charge < -0.3 is 9.66 Å². The molecule has 0 saturated carbocycles. The van der Waals surface area contributed by atoms with Gasteiger partial charge in [-0.25, -0.2) is 8.42 Å². The summed E-state index contributed by atoms with van der Waals surface area (Å²) in [5.41, 5.74) is 0.767. The van der Waals surface area contributed by atoms with Crippen LogP contribution in [0.4, 0.5) is 0 Å². The summed E-state index contributed by atoms with van der Waals surface area (Å²) < 4.78 is 31.8. The van der Waals surface area contributed by atoms with Crippen molar-refractivity contribution in [2.75, 3.05) is 0 Å². The van der Waals surface area contributed by atoms with Crippen LogP contribution in [0, 0.1) is 13.8 Å². The first-order chi connectivity index (χ1) is 5.82. The molecule has 0 unspecified atom stereocenters. The second-order valence-corrected chi connectivity index (χ2v) is 4.24. The number of aromatic hydroxyl groups is 1. The monoisotopic (exact) mass is 201 g/mol. The van der Waals surface area contributed by atoms with Gasteiger partial charge >= 0.3 is 0 Å². The molecule has 0 radical (unpaired) electrons. The van der Waals surface area contributed by atoms with Gasteiger partial charge in [0.05, 0.1) is 4.90 Å². The van der Waals surface area contributed by atoms with Gasteiger partial charge in [0.2, 0.25) is 0 Å². The van der Waals surface area contributed by atoms with Gasteiger partial charge in [0.1, 0.15) is 15.9 Å². The van der Waals surface area contributed by atoms with Gasteiger partial charge in [0.25, 0.3) is 0 Å². The van der Waals surface area contributed by atoms with Crippen LogP contribution in [0.3, 0.4) is 0 Å². The van der Waals surface area contributed by atoms with Crippen molar-refractivity contribution in [1.82, 2.24) is 0 Å². The molecule has 0 spiro atoms. The Bertz CT molecular complexity index is 410. The minimum atomic E-state index is -4.43. The van der Waals surface area contributed by atoms with Crippen LogP contribution in [0.15, 0.2) is 17.0 Å². The summed E-state index contributed by atoms with van der Waals surface area (Å²) in [5.74, 6) is 0.0207. The van der Waals surface area contributed by atoms with E-state index in [1.807, 2.05) is 0 Å². The zero-order valence-corrected chi connectivity index (χ0v) is 8.05. The molecule has 1 N–H and O–H groups in total. The minimum absolute atomic E-state index is 0.0207. The molecule has 1 aromatic carbocycles. The lowest BCUT2D eigenvalue weighted by atomic mass is 10.1. The van der Waals surface area contributed by atoms with Crippen LogP contribution >= 0.6 is 0 Å². The number of phenols is 1. The molecule has 0 atom stereocenters. The number of aryl methyl sites for hydroxylation is 2. The summed E-state index contributed by atoms with van der Waals surface area (Å²) in [5, 5.41) is 9.30. The quantitative estimate of drug-likeness (QED) is 0.685. The summed E-state index contributed by atoms with van der Waals surface area (Å²) in [6, 6.07) is 2.31. The maximum Gasteiger partial charge on any atom is 0.124 e. The summed E-state index contributed by atoms with van der Waals surface area (Å²) in [4.78, 5) is -0.305. The zero-order chi connectivity index (χ0) is 10.2. The van der Waals surface area contributed by atoms with Gasteiger partial charge in [-0.15, -0.1) is 0 Å². The maximum absolute atomic E-state index is 10.6. The lowest BCUT2D eigenvalue weighted by Gasteiger charge is -2.10. The molecule has 0 amide bonds. The van der Waals surface area contributed by atoms with E-state index in [-0.39, 0.29) is 10.6 Å². The van der Waals surface area contributed by atoms with Crippen LogP contribution in [0.25, 0.3) is 0 Å². The average molecular weight is 201 g/mol. The Labute approximate surface area is 76.6 Å². The van der Waals surface area contributed by atoms with Crippen LogP contribution in [0.2, 0.25) is 0 Å². The van der Waals surface area contributed by atoms with Crippen molar-refractivity contribution in [2.24, 2.45) is 0 Å². The molecule has 0 heterocycles. The van der Waals surface area contributed by atoms with Crippen molar-refractivity contribution in [3.05, 3.63) is 23.3 Å². The van der Waals surface area contributed by atoms with Crippen LogP contribution in [-0.2, 0) is 10.1 Å². The molecule has 0 saturated heterocycles. The highest BCUT2D eigenvalue weighted by atomic mass is 32.2. The first-order valence-corrected chi connectivity index (χ1v) is 4.99. The predicted molar refractivity (Wildman–Crippen MR) is 45.5 cm³/mol. The van der Waals surface area contributed by atoms with Gasteiger partial charge in [0, 0.05) is 0 Å². The summed E-state index contributed by atoms with van der Waals surface area (Å²) in [6.07, 6.45) is 0. The SMILES string of the molecule is Cc1cc(S(=O)(=O)[O-])cc(C)c1O. The number of hydrogen-bond donors (Lipinski definition) is 1. The van der Waals surface area contributed by atoms with E-state index >= 15 is 0 Å². The third-order valence-corrected chi connectivity index (χ3v) is 2.57. The molecule has 0 aliphatic carbocycles. The fourth-order valence-corrected chi connectivity index (χ4v) is 1.70. The third-order valence-electron chi connectivity index (χ3n) is 1.75. The van der Waals surface area contributed by atoms with E-state index in [1.54, 1.807) is 0 Å². The van der Waals surface area contributed by atoms with Crippen LogP contribution in [0.5, 0.6) is 5.75 Å². The number of benzene rings is 1. The predicted octanol–water partition coefficient (Wildman–Crippen LogP) is 0.913. The van der Waals surface area contributed by atoms with E-state index in [0.717, 1.165) is 12.1 Å². The van der Waals surface area contributed by atoms with E-state index in [0.29, 0.717) is 11.1 Å². The Morgan fingerprint density at radius 3 is 1.92 bits per heavy atom. The van der Waals surface area contributed by atoms with Gasteiger partial charge in [-0.2, -0.15) is 0 Å². The van der Waals surface area contributed by atoms with Crippen molar-refractivity contribution in [2.45, 2.75) is 18.7 Å². The molecule has 13 heavy (non-hydrogen) atoms. The highest BCUT2D eigenvalue weighted by molar-refractivity contribution is 7.85. The van der Waals surface area contributed by atoms with E-state index < -0.39 is 10.1 Å². The van der Waals surface area contributed by atoms with Gasteiger partial charge in [0.15, 0.2) is 0 Å². The largest absolute Gasteiger partial charge is 0.744 e. The summed E-state index contributed by atoms with van der Waals surface area (Å²) in [7, 11) is -4.43. The first kappa shape index (κ1) is 10.0. The minimum Gasteiger partial charge on any atom is -0.744 e. The van der Waals surface area contributed by atoms with Gasteiger partial charge in [-0.05, 0) is 37.1 Å². The first-order valence-electron chi connectivity index (χ1n) is 3.58. The fraction of sp³-hybridized carbons (Fsp3) is 0.250. The van der Waals surface area contributed by atoms with E-state index in [1.165, 1.54) is 13.8 Å². The molecule has 5 heteroatoms. The van der Waals surface area contributed by atoms with Crippen LogP contribution < -0.4 is 0 Å². The molecular formula is C8H9O4S-. The Balaban J connectivity index is 3.47. The van der Waals surface area contributed by atoms with Crippen molar-refractivity contribution in [1.29, 1.82) is 0 Å². The molecule has 0 bridgehead atoms. The molecule has 1 aromatic rings. The van der Waals surface area contributed by atoms with E-state index in [2.05, 4.69) is 0 Å². The normalized spacial score (nSPS) is 11.6. The van der Waals surface area contributed by atoms with Crippen LogP contribution in [0.1, 0.15) is 11.1 Å². The second-order valence-electron chi connectivity index (χ2n) is 2.86. The second kappa shape index (κ2) is 3.01. The Hall–Kier alpha value is -1.07. The molecule has 1 rings (SSSR count). The molecule has 0 fully saturated rings. The average Bonchev–Trinajstić information content (AvgIpc) is 1.97. The molecule has 72 valence electrons. The summed E-state index contributed by atoms with van der Waals surface area (Å²) in [6.45, 7) is 3.08. The maximum atomic E-state index is 10.6. The highest BCUT2D eigenvalue weighted by Gasteiger charge is 2.07. The van der Waals surface area contributed by atoms with Crippen molar-refractivity contribution >= 4 is 10.1 Å². The zero-order valence-electron chi connectivity index (χ0n) is 7.23. The van der Waals surface area contributed by atoms with E-state index in [9.17, 15) is 18.1 Å². The van der Waals surface area contributed by atoms with E-state index in [4.69, 9.17) is 0 Å². The lowest BCUT2D eigenvalue weighted by Crippen LogP contribution is -1.99. The molecule has 0 aliphatic rings. The molecular weight excluding hydrogens is 192 g/mol. The smallest absolute Gasteiger partial charge is 0.124 e.